The molecular formula is C20H29N5O3. The predicted octanol–water partition coefficient (Wildman–Crippen LogP) is 1.16. The molecule has 0 aliphatic carbocycles. The van der Waals surface area contributed by atoms with Crippen LogP contribution in [-0.2, 0) is 4.79 Å². The summed E-state index contributed by atoms with van der Waals surface area (Å²) in [5.41, 5.74) is 1.09. The van der Waals surface area contributed by atoms with Gasteiger partial charge in [-0.1, -0.05) is 6.07 Å². The molecule has 1 aromatic rings. The van der Waals surface area contributed by atoms with E-state index in [2.05, 4.69) is 21.3 Å². The summed E-state index contributed by atoms with van der Waals surface area (Å²) in [4.78, 5) is 38.3. The van der Waals surface area contributed by atoms with Gasteiger partial charge in [-0.3, -0.25) is 9.59 Å². The average molecular weight is 387 g/mol. The van der Waals surface area contributed by atoms with Crippen LogP contribution in [0.4, 0.5) is 10.5 Å². The molecule has 0 saturated carbocycles. The third-order valence-electron chi connectivity index (χ3n) is 5.35. The summed E-state index contributed by atoms with van der Waals surface area (Å²) in [5, 5.41) is 11.7. The first kappa shape index (κ1) is 20.1. The second-order valence-electron chi connectivity index (χ2n) is 7.44. The second kappa shape index (κ2) is 9.54. The minimum atomic E-state index is -0.193. The molecule has 2 unspecified atom stereocenters. The molecule has 2 fully saturated rings. The van der Waals surface area contributed by atoms with Crippen molar-refractivity contribution in [2.24, 2.45) is 5.92 Å². The number of piperidine rings is 1. The summed E-state index contributed by atoms with van der Waals surface area (Å²) >= 11 is 0. The number of benzene rings is 1. The summed E-state index contributed by atoms with van der Waals surface area (Å²) in [6.07, 6.45) is 3.83. The largest absolute Gasteiger partial charge is 0.355 e. The molecule has 0 spiro atoms. The fourth-order valence-electron chi connectivity index (χ4n) is 3.78. The van der Waals surface area contributed by atoms with E-state index < -0.39 is 0 Å². The van der Waals surface area contributed by atoms with E-state index in [0.29, 0.717) is 30.9 Å². The molecule has 2 aliphatic heterocycles. The Labute approximate surface area is 165 Å². The molecule has 28 heavy (non-hydrogen) atoms. The average Bonchev–Trinajstić information content (AvgIpc) is 3.27. The maximum Gasteiger partial charge on any atom is 0.321 e. The normalized spacial score (nSPS) is 21.8. The number of hydrogen-bond acceptors (Lipinski definition) is 4. The Bertz CT molecular complexity index is 718. The van der Waals surface area contributed by atoms with E-state index in [4.69, 9.17) is 0 Å². The van der Waals surface area contributed by atoms with E-state index in [1.807, 2.05) is 0 Å². The van der Waals surface area contributed by atoms with Crippen molar-refractivity contribution in [2.45, 2.75) is 31.7 Å². The molecule has 2 saturated heterocycles. The predicted molar refractivity (Wildman–Crippen MR) is 107 cm³/mol. The fraction of sp³-hybridized carbons (Fsp3) is 0.550. The number of amides is 4. The molecule has 2 heterocycles. The SMILES string of the molecule is CNC(=O)c1cccc(NC(=O)N2CCCC(CNC(=O)C3CCCN3)C2)c1. The van der Waals surface area contributed by atoms with E-state index in [0.717, 1.165) is 32.2 Å². The first-order chi connectivity index (χ1) is 13.6. The lowest BCUT2D eigenvalue weighted by Crippen LogP contribution is -2.47. The van der Waals surface area contributed by atoms with Crippen molar-refractivity contribution in [3.05, 3.63) is 29.8 Å². The van der Waals surface area contributed by atoms with Gasteiger partial charge >= 0.3 is 6.03 Å². The van der Waals surface area contributed by atoms with Crippen molar-refractivity contribution in [1.82, 2.24) is 20.9 Å². The molecule has 3 rings (SSSR count). The number of anilines is 1. The number of hydrogen-bond donors (Lipinski definition) is 4. The fourth-order valence-corrected chi connectivity index (χ4v) is 3.78. The molecule has 4 N–H and O–H groups in total. The highest BCUT2D eigenvalue weighted by Crippen LogP contribution is 2.18. The highest BCUT2D eigenvalue weighted by atomic mass is 16.2. The highest BCUT2D eigenvalue weighted by Gasteiger charge is 2.26. The van der Waals surface area contributed by atoms with Crippen LogP contribution in [0, 0.1) is 5.92 Å². The molecule has 8 nitrogen and oxygen atoms in total. The molecule has 1 aromatic carbocycles. The minimum Gasteiger partial charge on any atom is -0.355 e. The molecule has 8 heteroatoms. The highest BCUT2D eigenvalue weighted by molar-refractivity contribution is 5.96. The number of urea groups is 1. The lowest BCUT2D eigenvalue weighted by Gasteiger charge is -2.33. The van der Waals surface area contributed by atoms with Crippen molar-refractivity contribution < 1.29 is 14.4 Å². The number of nitrogens with zero attached hydrogens (tertiary/aromatic N) is 1. The first-order valence-electron chi connectivity index (χ1n) is 9.96. The van der Waals surface area contributed by atoms with Gasteiger partial charge in [0.2, 0.25) is 5.91 Å². The van der Waals surface area contributed by atoms with Crippen LogP contribution in [-0.4, -0.2) is 62.0 Å². The van der Waals surface area contributed by atoms with Crippen LogP contribution in [0.15, 0.2) is 24.3 Å². The Morgan fingerprint density at radius 1 is 1.21 bits per heavy atom. The quantitative estimate of drug-likeness (QED) is 0.609. The summed E-state index contributed by atoms with van der Waals surface area (Å²) in [5.74, 6) is 0.119. The van der Waals surface area contributed by atoms with E-state index in [1.165, 1.54) is 0 Å². The van der Waals surface area contributed by atoms with E-state index >= 15 is 0 Å². The molecule has 2 atom stereocenters. The van der Waals surface area contributed by atoms with Crippen molar-refractivity contribution >= 4 is 23.5 Å². The van der Waals surface area contributed by atoms with Crippen LogP contribution in [0.5, 0.6) is 0 Å². The number of rotatable bonds is 5. The third kappa shape index (κ3) is 5.22. The Hall–Kier alpha value is -2.61. The molecule has 2 aliphatic rings. The van der Waals surface area contributed by atoms with Crippen LogP contribution in [0.3, 0.4) is 0 Å². The summed E-state index contributed by atoms with van der Waals surface area (Å²) < 4.78 is 0. The summed E-state index contributed by atoms with van der Waals surface area (Å²) in [6.45, 7) is 2.79. The Balaban J connectivity index is 1.50. The van der Waals surface area contributed by atoms with Gasteiger partial charge in [-0.15, -0.1) is 0 Å². The maximum atomic E-state index is 12.6. The van der Waals surface area contributed by atoms with Crippen molar-refractivity contribution in [1.29, 1.82) is 0 Å². The van der Waals surface area contributed by atoms with Crippen LogP contribution in [0.1, 0.15) is 36.0 Å². The molecular weight excluding hydrogens is 358 g/mol. The zero-order chi connectivity index (χ0) is 19.9. The second-order valence-corrected chi connectivity index (χ2v) is 7.44. The monoisotopic (exact) mass is 387 g/mol. The number of carbonyl (C=O) groups is 3. The van der Waals surface area contributed by atoms with Gasteiger partial charge in [-0.05, 0) is 56.3 Å². The Morgan fingerprint density at radius 2 is 2.07 bits per heavy atom. The van der Waals surface area contributed by atoms with Gasteiger partial charge in [0.25, 0.3) is 5.91 Å². The van der Waals surface area contributed by atoms with Crippen LogP contribution in [0.25, 0.3) is 0 Å². The van der Waals surface area contributed by atoms with E-state index in [-0.39, 0.29) is 29.8 Å². The van der Waals surface area contributed by atoms with Gasteiger partial charge in [0, 0.05) is 37.9 Å². The van der Waals surface area contributed by atoms with Crippen molar-refractivity contribution in [2.75, 3.05) is 38.5 Å². The maximum absolute atomic E-state index is 12.6. The first-order valence-corrected chi connectivity index (χ1v) is 9.96. The number of likely N-dealkylation sites (tertiary alicyclic amines) is 1. The topological polar surface area (TPSA) is 103 Å². The Kier molecular flexibility index (Phi) is 6.86. The number of carbonyl (C=O) groups excluding carboxylic acids is 3. The zero-order valence-electron chi connectivity index (χ0n) is 16.3. The lowest BCUT2D eigenvalue weighted by molar-refractivity contribution is -0.123. The van der Waals surface area contributed by atoms with Gasteiger partial charge in [-0.25, -0.2) is 4.79 Å². The minimum absolute atomic E-state index is 0.0603. The molecule has 0 radical (unpaired) electrons. The molecule has 4 amide bonds. The van der Waals surface area contributed by atoms with Crippen LogP contribution >= 0.6 is 0 Å². The van der Waals surface area contributed by atoms with Crippen LogP contribution < -0.4 is 21.3 Å². The summed E-state index contributed by atoms with van der Waals surface area (Å²) in [7, 11) is 1.57. The number of nitrogens with one attached hydrogen (secondary N) is 4. The van der Waals surface area contributed by atoms with E-state index in [9.17, 15) is 14.4 Å². The third-order valence-corrected chi connectivity index (χ3v) is 5.35. The van der Waals surface area contributed by atoms with Gasteiger partial charge in [-0.2, -0.15) is 0 Å². The zero-order valence-corrected chi connectivity index (χ0v) is 16.3. The summed E-state index contributed by atoms with van der Waals surface area (Å²) in [6, 6.07) is 6.62. The van der Waals surface area contributed by atoms with Crippen molar-refractivity contribution in [3.63, 3.8) is 0 Å². The van der Waals surface area contributed by atoms with Gasteiger partial charge in [0.05, 0.1) is 6.04 Å². The van der Waals surface area contributed by atoms with Gasteiger partial charge < -0.3 is 26.2 Å². The van der Waals surface area contributed by atoms with Crippen LogP contribution in [0.2, 0.25) is 0 Å². The van der Waals surface area contributed by atoms with Gasteiger partial charge in [0.1, 0.15) is 0 Å². The van der Waals surface area contributed by atoms with Gasteiger partial charge in [0.15, 0.2) is 0 Å². The lowest BCUT2D eigenvalue weighted by atomic mass is 9.98. The van der Waals surface area contributed by atoms with Crippen molar-refractivity contribution in [3.8, 4) is 0 Å². The molecule has 152 valence electrons. The standard InChI is InChI=1S/C20H29N5O3/c1-21-18(26)15-6-2-7-16(11-15)24-20(28)25-10-4-5-14(13-25)12-23-19(27)17-8-3-9-22-17/h2,6-7,11,14,17,22H,3-5,8-10,12-13H2,1H3,(H,21,26)(H,23,27)(H,24,28). The van der Waals surface area contributed by atoms with E-state index in [1.54, 1.807) is 36.2 Å². The Morgan fingerprint density at radius 3 is 2.82 bits per heavy atom. The smallest absolute Gasteiger partial charge is 0.321 e. The molecule has 0 bridgehead atoms. The molecule has 0 aromatic heterocycles.